The molecule has 0 aliphatic carbocycles. The zero-order valence-corrected chi connectivity index (χ0v) is 13.7. The topological polar surface area (TPSA) is 29.1 Å². The van der Waals surface area contributed by atoms with Crippen molar-refractivity contribution < 1.29 is 9.18 Å². The van der Waals surface area contributed by atoms with Crippen molar-refractivity contribution in [1.29, 1.82) is 0 Å². The van der Waals surface area contributed by atoms with E-state index in [-0.39, 0.29) is 11.7 Å². The van der Waals surface area contributed by atoms with Gasteiger partial charge in [0.05, 0.1) is 5.56 Å². The van der Waals surface area contributed by atoms with Crippen LogP contribution in [0, 0.1) is 16.3 Å². The lowest BCUT2D eigenvalue weighted by atomic mass is 10.2. The molecule has 0 saturated heterocycles. The van der Waals surface area contributed by atoms with Gasteiger partial charge in [-0.1, -0.05) is 6.07 Å². The normalized spacial score (nSPS) is 10.3. The SMILES string of the molecule is Cc1ccc(NC(=O)c2cc(I)ccc2Br)cc1F. The molecule has 0 unspecified atom stereocenters. The summed E-state index contributed by atoms with van der Waals surface area (Å²) in [7, 11) is 0. The highest BCUT2D eigenvalue weighted by atomic mass is 127. The predicted molar refractivity (Wildman–Crippen MR) is 85.9 cm³/mol. The van der Waals surface area contributed by atoms with Gasteiger partial charge >= 0.3 is 0 Å². The van der Waals surface area contributed by atoms with Gasteiger partial charge in [-0.3, -0.25) is 4.79 Å². The minimum atomic E-state index is -0.334. The molecule has 5 heteroatoms. The molecule has 0 aliphatic heterocycles. The van der Waals surface area contributed by atoms with Crippen molar-refractivity contribution in [3.05, 3.63) is 61.4 Å². The van der Waals surface area contributed by atoms with E-state index in [0.29, 0.717) is 21.3 Å². The van der Waals surface area contributed by atoms with Gasteiger partial charge in [-0.05, 0) is 81.3 Å². The van der Waals surface area contributed by atoms with E-state index in [9.17, 15) is 9.18 Å². The second-order valence-corrected chi connectivity index (χ2v) is 6.14. The van der Waals surface area contributed by atoms with Crippen LogP contribution in [0.25, 0.3) is 0 Å². The highest BCUT2D eigenvalue weighted by Gasteiger charge is 2.11. The maximum absolute atomic E-state index is 13.4. The van der Waals surface area contributed by atoms with E-state index in [2.05, 4.69) is 43.8 Å². The maximum Gasteiger partial charge on any atom is 0.256 e. The number of carbonyl (C=O) groups is 1. The Balaban J connectivity index is 2.25. The quantitative estimate of drug-likeness (QED) is 0.680. The maximum atomic E-state index is 13.4. The van der Waals surface area contributed by atoms with Crippen molar-refractivity contribution in [2.75, 3.05) is 5.32 Å². The fourth-order valence-electron chi connectivity index (χ4n) is 1.54. The minimum Gasteiger partial charge on any atom is -0.322 e. The van der Waals surface area contributed by atoms with Crippen molar-refractivity contribution in [1.82, 2.24) is 0 Å². The largest absolute Gasteiger partial charge is 0.322 e. The molecule has 2 aromatic carbocycles. The zero-order valence-electron chi connectivity index (χ0n) is 10.0. The minimum absolute atomic E-state index is 0.270. The van der Waals surface area contributed by atoms with Crippen LogP contribution in [0.5, 0.6) is 0 Å². The molecule has 0 spiro atoms. The van der Waals surface area contributed by atoms with Crippen LogP contribution in [0.4, 0.5) is 10.1 Å². The highest BCUT2D eigenvalue weighted by molar-refractivity contribution is 14.1. The second-order valence-electron chi connectivity index (χ2n) is 4.04. The first-order chi connectivity index (χ1) is 8.97. The number of hydrogen-bond donors (Lipinski definition) is 1. The molecule has 2 rings (SSSR count). The summed E-state index contributed by atoms with van der Waals surface area (Å²) >= 11 is 5.47. The van der Waals surface area contributed by atoms with Crippen LogP contribution in [0.15, 0.2) is 40.9 Å². The fraction of sp³-hybridized carbons (Fsp3) is 0.0714. The monoisotopic (exact) mass is 433 g/mol. The molecule has 0 fully saturated rings. The first kappa shape index (κ1) is 14.5. The van der Waals surface area contributed by atoms with Crippen molar-refractivity contribution in [3.63, 3.8) is 0 Å². The van der Waals surface area contributed by atoms with Crippen LogP contribution in [0.2, 0.25) is 0 Å². The molecule has 0 saturated carbocycles. The van der Waals surface area contributed by atoms with Gasteiger partial charge in [-0.25, -0.2) is 4.39 Å². The molecule has 0 heterocycles. The molecule has 2 nitrogen and oxygen atoms in total. The zero-order chi connectivity index (χ0) is 14.0. The molecule has 19 heavy (non-hydrogen) atoms. The number of hydrogen-bond acceptors (Lipinski definition) is 1. The fourth-order valence-corrected chi connectivity index (χ4v) is 2.46. The summed E-state index contributed by atoms with van der Waals surface area (Å²) in [5.41, 5.74) is 1.51. The Kier molecular flexibility index (Phi) is 4.57. The van der Waals surface area contributed by atoms with E-state index >= 15 is 0 Å². The summed E-state index contributed by atoms with van der Waals surface area (Å²) in [6.45, 7) is 1.68. The van der Waals surface area contributed by atoms with Crippen LogP contribution in [-0.2, 0) is 0 Å². The summed E-state index contributed by atoms with van der Waals surface area (Å²) in [4.78, 5) is 12.1. The smallest absolute Gasteiger partial charge is 0.256 e. The number of rotatable bonds is 2. The van der Waals surface area contributed by atoms with Gasteiger partial charge in [-0.2, -0.15) is 0 Å². The number of anilines is 1. The van der Waals surface area contributed by atoms with E-state index in [1.54, 1.807) is 25.1 Å². The molecule has 0 radical (unpaired) electrons. The van der Waals surface area contributed by atoms with Gasteiger partial charge in [0.25, 0.3) is 5.91 Å². The summed E-state index contributed by atoms with van der Waals surface area (Å²) in [6.07, 6.45) is 0. The van der Waals surface area contributed by atoms with Crippen LogP contribution in [0.1, 0.15) is 15.9 Å². The Labute approximate surface area is 132 Å². The predicted octanol–water partition coefficient (Wildman–Crippen LogP) is 4.75. The van der Waals surface area contributed by atoms with E-state index in [4.69, 9.17) is 0 Å². The number of carbonyl (C=O) groups excluding carboxylic acids is 1. The average molecular weight is 434 g/mol. The number of halogens is 3. The lowest BCUT2D eigenvalue weighted by Crippen LogP contribution is -2.13. The third kappa shape index (κ3) is 3.54. The number of benzene rings is 2. The van der Waals surface area contributed by atoms with E-state index in [1.165, 1.54) is 6.07 Å². The number of aryl methyl sites for hydroxylation is 1. The van der Waals surface area contributed by atoms with Gasteiger partial charge in [0, 0.05) is 13.7 Å². The molecular weight excluding hydrogens is 424 g/mol. The van der Waals surface area contributed by atoms with Crippen LogP contribution in [0.3, 0.4) is 0 Å². The van der Waals surface area contributed by atoms with Gasteiger partial charge in [0.15, 0.2) is 0 Å². The van der Waals surface area contributed by atoms with E-state index in [0.717, 1.165) is 3.57 Å². The van der Waals surface area contributed by atoms with Gasteiger partial charge < -0.3 is 5.32 Å². The second kappa shape index (κ2) is 6.00. The molecule has 98 valence electrons. The Morgan fingerprint density at radius 1 is 1.26 bits per heavy atom. The van der Waals surface area contributed by atoms with Crippen molar-refractivity contribution in [2.45, 2.75) is 6.92 Å². The molecule has 0 aliphatic rings. The molecule has 0 atom stereocenters. The molecule has 1 N–H and O–H groups in total. The van der Waals surface area contributed by atoms with Gasteiger partial charge in [-0.15, -0.1) is 0 Å². The Morgan fingerprint density at radius 3 is 2.68 bits per heavy atom. The molecule has 0 aromatic heterocycles. The van der Waals surface area contributed by atoms with Gasteiger partial charge in [0.1, 0.15) is 5.82 Å². The van der Waals surface area contributed by atoms with Crippen LogP contribution >= 0.6 is 38.5 Å². The number of amides is 1. The first-order valence-electron chi connectivity index (χ1n) is 5.50. The molecule has 1 amide bonds. The summed E-state index contributed by atoms with van der Waals surface area (Å²) in [6, 6.07) is 10.1. The Morgan fingerprint density at radius 2 is 2.00 bits per heavy atom. The average Bonchev–Trinajstić information content (AvgIpc) is 2.36. The van der Waals surface area contributed by atoms with E-state index < -0.39 is 0 Å². The third-order valence-corrected chi connectivity index (χ3v) is 3.97. The Bertz CT molecular complexity index is 645. The van der Waals surface area contributed by atoms with Crippen molar-refractivity contribution in [2.24, 2.45) is 0 Å². The lowest BCUT2D eigenvalue weighted by molar-refractivity contribution is 0.102. The van der Waals surface area contributed by atoms with Crippen molar-refractivity contribution >= 4 is 50.1 Å². The van der Waals surface area contributed by atoms with Crippen LogP contribution < -0.4 is 5.32 Å². The third-order valence-electron chi connectivity index (χ3n) is 2.60. The molecule has 0 bridgehead atoms. The molecular formula is C14H10BrFINO. The molecule has 2 aromatic rings. The summed E-state index contributed by atoms with van der Waals surface area (Å²) < 4.78 is 15.1. The van der Waals surface area contributed by atoms with Gasteiger partial charge in [0.2, 0.25) is 0 Å². The van der Waals surface area contributed by atoms with E-state index in [1.807, 2.05) is 12.1 Å². The number of nitrogens with one attached hydrogen (secondary N) is 1. The standard InChI is InChI=1S/C14H10BrFINO/c1-8-2-4-10(7-13(8)16)18-14(19)11-6-9(17)3-5-12(11)15/h2-7H,1H3,(H,18,19). The van der Waals surface area contributed by atoms with Crippen molar-refractivity contribution in [3.8, 4) is 0 Å². The summed E-state index contributed by atoms with van der Waals surface area (Å²) in [5, 5.41) is 2.68. The van der Waals surface area contributed by atoms with Crippen LogP contribution in [-0.4, -0.2) is 5.91 Å². The first-order valence-corrected chi connectivity index (χ1v) is 7.37. The Hall–Kier alpha value is -0.950. The lowest BCUT2D eigenvalue weighted by Gasteiger charge is -2.08. The highest BCUT2D eigenvalue weighted by Crippen LogP contribution is 2.21. The summed E-state index contributed by atoms with van der Waals surface area (Å²) in [5.74, 6) is -0.604.